The number of benzene rings is 12. The van der Waals surface area contributed by atoms with E-state index in [1.165, 1.54) is 175 Å². The van der Waals surface area contributed by atoms with E-state index in [2.05, 4.69) is 47.8 Å². The van der Waals surface area contributed by atoms with E-state index in [9.17, 15) is 92.4 Å². The molecule has 0 saturated carbocycles. The van der Waals surface area contributed by atoms with E-state index < -0.39 is 145 Å². The van der Waals surface area contributed by atoms with Gasteiger partial charge in [0.05, 0.1) is 69.4 Å². The van der Waals surface area contributed by atoms with Crippen LogP contribution in [0.5, 0.6) is 23.0 Å². The summed E-state index contributed by atoms with van der Waals surface area (Å²) in [6.07, 6.45) is 0. The van der Waals surface area contributed by atoms with Gasteiger partial charge in [0.1, 0.15) is 28.5 Å². The van der Waals surface area contributed by atoms with Crippen molar-refractivity contribution in [2.75, 3.05) is 28.4 Å². The highest BCUT2D eigenvalue weighted by Gasteiger charge is 2.32. The van der Waals surface area contributed by atoms with Crippen LogP contribution in [-0.4, -0.2) is 78.9 Å². The quantitative estimate of drug-likeness (QED) is 0.0640. The Kier molecular flexibility index (Phi) is 32.6. The van der Waals surface area contributed by atoms with Crippen molar-refractivity contribution in [3.63, 3.8) is 0 Å². The van der Waals surface area contributed by atoms with E-state index in [1.807, 2.05) is 40.7 Å². The maximum atomic E-state index is 13.6. The summed E-state index contributed by atoms with van der Waals surface area (Å²) in [5.41, 5.74) is -2.15. The number of hydrogen-bond acceptors (Lipinski definition) is 29. The predicted octanol–water partition coefficient (Wildman–Crippen LogP) is 21.9. The number of sulfone groups is 6. The molecule has 18 aromatic rings. The summed E-state index contributed by atoms with van der Waals surface area (Å²) in [4.78, 5) is 69.6. The third-order valence-corrected chi connectivity index (χ3v) is 33.7. The minimum absolute atomic E-state index is 0.0260. The van der Waals surface area contributed by atoms with Crippen LogP contribution in [0.25, 0.3) is 65.8 Å². The van der Waals surface area contributed by atoms with E-state index in [1.54, 1.807) is 91.0 Å². The third kappa shape index (κ3) is 23.9. The molecule has 0 aliphatic carbocycles. The average molecular weight is 2320 g/mol. The molecule has 0 bridgehead atoms. The number of rotatable bonds is 16. The molecule has 0 radical (unpaired) electrons. The van der Waals surface area contributed by atoms with E-state index in [0.29, 0.717) is 85.6 Å². The van der Waals surface area contributed by atoms with E-state index in [0.717, 1.165) is 41.0 Å². The fourth-order valence-corrected chi connectivity index (χ4v) is 23.7. The molecule has 0 amide bonds. The van der Waals surface area contributed by atoms with Crippen LogP contribution < -0.4 is 52.7 Å². The second-order valence-corrected chi connectivity index (χ2v) is 47.4. The molecule has 0 fully saturated rings. The molecular formula is C102H73Br3Cl2F3NO28S6. The van der Waals surface area contributed by atoms with Gasteiger partial charge in [0.25, 0.3) is 0 Å². The molecular weight excluding hydrogens is 2250 g/mol. The number of nitriles is 1. The molecule has 0 aliphatic rings. The van der Waals surface area contributed by atoms with Gasteiger partial charge in [-0.05, 0) is 256 Å². The van der Waals surface area contributed by atoms with Crippen molar-refractivity contribution >= 4 is 196 Å². The lowest BCUT2D eigenvalue weighted by Crippen LogP contribution is -2.15. The van der Waals surface area contributed by atoms with E-state index >= 15 is 0 Å². The fraction of sp³-hybridized carbons (Fsp3) is 0.108. The topological polar surface area (TPSA) is 447 Å². The molecule has 18 rings (SSSR count). The normalized spacial score (nSPS) is 11.7. The van der Waals surface area contributed by atoms with Crippen LogP contribution in [0.1, 0.15) is 48.6 Å². The predicted molar refractivity (Wildman–Crippen MR) is 543 cm³/mol. The summed E-state index contributed by atoms with van der Waals surface area (Å²) in [6.45, 7) is 11.3. The van der Waals surface area contributed by atoms with Gasteiger partial charge in [0, 0.05) is 61.8 Å². The van der Waals surface area contributed by atoms with Gasteiger partial charge in [-0.1, -0.05) is 139 Å². The zero-order chi connectivity index (χ0) is 106. The number of nitrogens with zero attached hydrogens (tertiary/aromatic N) is 1. The van der Waals surface area contributed by atoms with Crippen molar-refractivity contribution in [3.8, 4) is 29.1 Å². The lowest BCUT2D eigenvalue weighted by Gasteiger charge is -2.19. The van der Waals surface area contributed by atoms with Gasteiger partial charge < -0.3 is 45.5 Å². The second-order valence-electron chi connectivity index (χ2n) is 32.3. The maximum Gasteiger partial charge on any atom is 0.355 e. The first-order chi connectivity index (χ1) is 68.2. The second kappa shape index (κ2) is 43.6. The Balaban J connectivity index is 0.000000146. The van der Waals surface area contributed by atoms with Crippen molar-refractivity contribution in [1.82, 2.24) is 0 Å². The molecule has 29 nitrogen and oxygen atoms in total. The number of methoxy groups -OCH3 is 4. The first-order valence-electron chi connectivity index (χ1n) is 41.7. The standard InChI is InChI=1S/C20H19BrO5S.C17H12BrFO5S.C17H13BrO6S.C17H11NO4S.C16H11ClO4S.C15H7ClF2O4S/c1-20(2,3)13-5-7-15(8-6-13)27(23,24)17-10-12-9-14(21)11-16(25-4)18(12)26-19(17)22;1-9-5-12(3-4-13(9)19)25(21,22)15-7-10-6-11(18)8-14(23-2)16(10)24-17(15)20;1-22-12-3-5-13(6-4-12)25(20,21)15-8-10-7-11(18)9-14(23-2)16(10)24-17(15)19;1-11-5-6-15-13(7-11)9-16(17(19)22-15)23(20,21)14-4-2-3-12(8-14)10-18;1-10-5-6-14-11(7-10)8-15(16(18)21-14)22(19,20)13-4-2-3-12(17)9-13;16-9-1-3-11(4-2-9)23(20,21)13-6-8-5-10(17)7-12(18)14(8)22-15(13)19/h5-11H,1-4H3;3-8H,1-2H3;3-9H,1-2H3;2-9H,1H3;2-9H,1H3;1-7H. The Morgan fingerprint density at radius 3 is 1.01 bits per heavy atom. The van der Waals surface area contributed by atoms with Crippen molar-refractivity contribution in [2.45, 2.75) is 106 Å². The monoisotopic (exact) mass is 2310 g/mol. The maximum absolute atomic E-state index is 13.6. The summed E-state index contributed by atoms with van der Waals surface area (Å²) in [6, 6.07) is 62.8. The highest BCUT2D eigenvalue weighted by molar-refractivity contribution is 9.11. The zero-order valence-electron chi connectivity index (χ0n) is 76.7. The molecule has 6 heterocycles. The summed E-state index contributed by atoms with van der Waals surface area (Å²) >= 11 is 21.5. The number of fused-ring (bicyclic) bond motifs is 6. The SMILES string of the molecule is COc1cc(Br)cc2cc(S(=O)(=O)c3ccc(C(C)(C)C)cc3)c(=O)oc12.COc1cc(Br)cc2cc(S(=O)(=O)c3ccc(F)c(C)c3)c(=O)oc12.COc1ccc(S(=O)(=O)c2cc3cc(Br)cc(OC)c3oc2=O)cc1.Cc1ccc2oc(=O)c(S(=O)(=O)c3cccc(C#N)c3)cc2c1.Cc1ccc2oc(=O)c(S(=O)(=O)c3cccc(Cl)c3)cc2c1.O=c1oc2c(F)cc(F)cc2cc1S(=O)(=O)c1ccc(Cl)cc1. The van der Waals surface area contributed by atoms with Crippen LogP contribution in [0.15, 0.2) is 388 Å². The summed E-state index contributed by atoms with van der Waals surface area (Å²) in [5, 5.41) is 11.7. The molecule has 746 valence electrons. The molecule has 145 heavy (non-hydrogen) atoms. The number of ether oxygens (including phenoxy) is 4. The lowest BCUT2D eigenvalue weighted by atomic mass is 9.87. The first-order valence-corrected chi connectivity index (χ1v) is 53.7. The fourth-order valence-electron chi connectivity index (χ4n) is 14.0. The van der Waals surface area contributed by atoms with Gasteiger partial charge in [-0.3, -0.25) is 0 Å². The van der Waals surface area contributed by atoms with Crippen molar-refractivity contribution in [2.24, 2.45) is 0 Å². The van der Waals surface area contributed by atoms with Gasteiger partial charge in [-0.15, -0.1) is 0 Å². The van der Waals surface area contributed by atoms with Gasteiger partial charge >= 0.3 is 33.8 Å². The Bertz CT molecular complexity index is 9470. The largest absolute Gasteiger partial charge is 0.497 e. The van der Waals surface area contributed by atoms with Gasteiger partial charge in [-0.2, -0.15) is 5.26 Å². The molecule has 0 spiro atoms. The van der Waals surface area contributed by atoms with E-state index in [4.69, 9.17) is 73.9 Å². The molecule has 0 unspecified atom stereocenters. The Morgan fingerprint density at radius 2 is 0.648 bits per heavy atom. The minimum Gasteiger partial charge on any atom is -0.497 e. The molecule has 43 heteroatoms. The zero-order valence-corrected chi connectivity index (χ0v) is 87.8. The average Bonchev–Trinajstić information content (AvgIpc) is 0.792. The van der Waals surface area contributed by atoms with Crippen LogP contribution in [0.3, 0.4) is 0 Å². The number of halogens is 8. The van der Waals surface area contributed by atoms with E-state index in [-0.39, 0.29) is 73.1 Å². The van der Waals surface area contributed by atoms with Crippen LogP contribution in [0, 0.1) is 49.6 Å². The highest BCUT2D eigenvalue weighted by Crippen LogP contribution is 2.38. The Hall–Kier alpha value is -13.9. The Labute approximate surface area is 858 Å². The number of hydrogen-bond donors (Lipinski definition) is 0. The Morgan fingerprint density at radius 1 is 0.317 bits per heavy atom. The van der Waals surface area contributed by atoms with Gasteiger partial charge in [0.2, 0.25) is 59.0 Å². The van der Waals surface area contributed by atoms with Crippen LogP contribution in [-0.2, 0) is 64.4 Å². The molecule has 0 aliphatic heterocycles. The van der Waals surface area contributed by atoms with Gasteiger partial charge in [-0.25, -0.2) is 92.4 Å². The molecule has 0 N–H and O–H groups in total. The molecule has 12 aromatic carbocycles. The summed E-state index contributed by atoms with van der Waals surface area (Å²) in [7, 11) is -18.7. The molecule has 0 saturated heterocycles. The lowest BCUT2D eigenvalue weighted by molar-refractivity contribution is 0.405. The molecule has 6 aromatic heterocycles. The first kappa shape index (κ1) is 108. The highest BCUT2D eigenvalue weighted by atomic mass is 79.9. The van der Waals surface area contributed by atoms with Crippen LogP contribution >= 0.6 is 71.0 Å². The van der Waals surface area contributed by atoms with Crippen LogP contribution in [0.2, 0.25) is 10.0 Å². The van der Waals surface area contributed by atoms with Crippen molar-refractivity contribution < 1.29 is 109 Å². The number of aryl methyl sites for hydroxylation is 3. The minimum atomic E-state index is -4.21. The van der Waals surface area contributed by atoms with Crippen LogP contribution in [0.4, 0.5) is 13.2 Å². The summed E-state index contributed by atoms with van der Waals surface area (Å²) < 4.78 is 246. The molecule has 0 atom stereocenters. The van der Waals surface area contributed by atoms with Crippen molar-refractivity contribution in [3.05, 3.63) is 392 Å². The summed E-state index contributed by atoms with van der Waals surface area (Å²) in [5.74, 6) is -1.06. The van der Waals surface area contributed by atoms with Crippen molar-refractivity contribution in [1.29, 1.82) is 5.26 Å². The van der Waals surface area contributed by atoms with Gasteiger partial charge in [0.15, 0.2) is 74.8 Å². The third-order valence-electron chi connectivity index (χ3n) is 21.4. The smallest absolute Gasteiger partial charge is 0.355 e.